The van der Waals surface area contributed by atoms with Crippen LogP contribution in [0.5, 0.6) is 0 Å². The van der Waals surface area contributed by atoms with Gasteiger partial charge in [0.05, 0.1) is 0 Å². The zero-order valence-corrected chi connectivity index (χ0v) is 7.17. The Labute approximate surface area is 75.5 Å². The average Bonchev–Trinajstić information content (AvgIpc) is 2.16. The fourth-order valence-corrected chi connectivity index (χ4v) is 1.02. The number of rotatable bonds is 3. The molecule has 2 amide bonds. The summed E-state index contributed by atoms with van der Waals surface area (Å²) < 4.78 is 0. The van der Waals surface area contributed by atoms with Crippen molar-refractivity contribution in [1.82, 2.24) is 10.9 Å². The van der Waals surface area contributed by atoms with E-state index in [-0.39, 0.29) is 11.8 Å². The zero-order chi connectivity index (χ0) is 9.68. The number of carbonyl (C=O) groups excluding carboxylic acids is 2. The molecule has 6 heteroatoms. The average molecular weight is 184 g/mol. The summed E-state index contributed by atoms with van der Waals surface area (Å²) in [6.45, 7) is 0. The third-order valence-electron chi connectivity index (χ3n) is 1.78. The highest BCUT2D eigenvalue weighted by molar-refractivity contribution is 5.94. The third kappa shape index (κ3) is 3.20. The van der Waals surface area contributed by atoms with E-state index in [0.717, 1.165) is 5.71 Å². The Bertz CT molecular complexity index is 249. The fourth-order valence-electron chi connectivity index (χ4n) is 1.02. The van der Waals surface area contributed by atoms with Crippen molar-refractivity contribution in [1.29, 1.82) is 0 Å². The number of carbonyl (C=O) groups is 2. The van der Waals surface area contributed by atoms with E-state index in [2.05, 4.69) is 10.5 Å². The maximum absolute atomic E-state index is 10.7. The Morgan fingerprint density at radius 2 is 2.38 bits per heavy atom. The summed E-state index contributed by atoms with van der Waals surface area (Å²) in [5, 5.41) is 3.81. The molecule has 0 saturated carbocycles. The van der Waals surface area contributed by atoms with E-state index in [4.69, 9.17) is 5.84 Å². The van der Waals surface area contributed by atoms with Crippen LogP contribution in [-0.4, -0.2) is 17.5 Å². The highest BCUT2D eigenvalue weighted by atomic mass is 16.2. The van der Waals surface area contributed by atoms with Crippen LogP contribution in [-0.2, 0) is 9.59 Å². The number of nitrogens with one attached hydrogen (secondary N) is 2. The molecule has 0 radical (unpaired) electrons. The van der Waals surface area contributed by atoms with Crippen molar-refractivity contribution in [3.63, 3.8) is 0 Å². The van der Waals surface area contributed by atoms with Crippen LogP contribution in [0, 0.1) is 0 Å². The topological polar surface area (TPSA) is 96.6 Å². The molecule has 0 aromatic carbocycles. The molecule has 1 aliphatic heterocycles. The first-order valence-electron chi connectivity index (χ1n) is 4.06. The van der Waals surface area contributed by atoms with Gasteiger partial charge < -0.3 is 0 Å². The van der Waals surface area contributed by atoms with Crippen molar-refractivity contribution in [3.05, 3.63) is 0 Å². The van der Waals surface area contributed by atoms with Crippen LogP contribution in [0.1, 0.15) is 25.7 Å². The summed E-state index contributed by atoms with van der Waals surface area (Å²) >= 11 is 0. The minimum absolute atomic E-state index is 0.0768. The van der Waals surface area contributed by atoms with Gasteiger partial charge in [-0.3, -0.25) is 15.0 Å². The fraction of sp³-hybridized carbons (Fsp3) is 0.571. The summed E-state index contributed by atoms with van der Waals surface area (Å²) in [7, 11) is 0. The number of amides is 2. The second-order valence-electron chi connectivity index (χ2n) is 2.78. The molecule has 0 aliphatic carbocycles. The van der Waals surface area contributed by atoms with Gasteiger partial charge in [0, 0.05) is 18.6 Å². The second kappa shape index (κ2) is 4.56. The molecule has 0 spiro atoms. The quantitative estimate of drug-likeness (QED) is 0.299. The minimum atomic E-state index is -0.223. The van der Waals surface area contributed by atoms with Gasteiger partial charge >= 0.3 is 0 Å². The van der Waals surface area contributed by atoms with Crippen molar-refractivity contribution in [2.24, 2.45) is 10.9 Å². The molecule has 1 rings (SSSR count). The number of hydrazone groups is 1. The zero-order valence-electron chi connectivity index (χ0n) is 7.17. The Kier molecular flexibility index (Phi) is 3.39. The number of hydrogen-bond acceptors (Lipinski definition) is 4. The molecule has 1 aliphatic rings. The van der Waals surface area contributed by atoms with Gasteiger partial charge in [0.15, 0.2) is 0 Å². The number of hydrazine groups is 1. The second-order valence-corrected chi connectivity index (χ2v) is 2.78. The molecule has 0 unspecified atom stereocenters. The van der Waals surface area contributed by atoms with Gasteiger partial charge in [-0.2, -0.15) is 5.10 Å². The molecule has 0 atom stereocenters. The van der Waals surface area contributed by atoms with E-state index in [1.807, 2.05) is 5.43 Å². The van der Waals surface area contributed by atoms with E-state index in [9.17, 15) is 9.59 Å². The van der Waals surface area contributed by atoms with Crippen molar-refractivity contribution < 1.29 is 9.59 Å². The summed E-state index contributed by atoms with van der Waals surface area (Å²) in [5.41, 5.74) is 5.23. The predicted octanol–water partition coefficient (Wildman–Crippen LogP) is -0.978. The SMILES string of the molecule is NNC(=O)CCC1=NNC(=O)CC1. The molecule has 4 N–H and O–H groups in total. The van der Waals surface area contributed by atoms with Gasteiger partial charge in [-0.05, 0) is 12.8 Å². The maximum atomic E-state index is 10.7. The molecule has 0 saturated heterocycles. The molecule has 0 bridgehead atoms. The summed E-state index contributed by atoms with van der Waals surface area (Å²) in [6.07, 6.45) is 1.93. The van der Waals surface area contributed by atoms with Crippen molar-refractivity contribution in [2.45, 2.75) is 25.7 Å². The molecule has 0 fully saturated rings. The molecule has 0 aromatic heterocycles. The normalized spacial score (nSPS) is 16.1. The van der Waals surface area contributed by atoms with Crippen LogP contribution >= 0.6 is 0 Å². The smallest absolute Gasteiger partial charge is 0.240 e. The third-order valence-corrected chi connectivity index (χ3v) is 1.78. The van der Waals surface area contributed by atoms with E-state index >= 15 is 0 Å². The number of nitrogens with two attached hydrogens (primary N) is 1. The van der Waals surface area contributed by atoms with Gasteiger partial charge in [0.1, 0.15) is 0 Å². The lowest BCUT2D eigenvalue weighted by molar-refractivity contribution is -0.121. The summed E-state index contributed by atoms with van der Waals surface area (Å²) in [4.78, 5) is 21.4. The lowest BCUT2D eigenvalue weighted by Crippen LogP contribution is -2.31. The maximum Gasteiger partial charge on any atom is 0.240 e. The van der Waals surface area contributed by atoms with Crippen LogP contribution in [0.3, 0.4) is 0 Å². The number of nitrogens with zero attached hydrogens (tertiary/aromatic N) is 1. The molecule has 0 aromatic rings. The lowest BCUT2D eigenvalue weighted by atomic mass is 10.1. The minimum Gasteiger partial charge on any atom is -0.294 e. The van der Waals surface area contributed by atoms with Crippen LogP contribution in [0.15, 0.2) is 5.10 Å². The molecule has 13 heavy (non-hydrogen) atoms. The van der Waals surface area contributed by atoms with Crippen molar-refractivity contribution in [2.75, 3.05) is 0 Å². The first-order valence-corrected chi connectivity index (χ1v) is 4.06. The summed E-state index contributed by atoms with van der Waals surface area (Å²) in [6, 6.07) is 0. The largest absolute Gasteiger partial charge is 0.294 e. The highest BCUT2D eigenvalue weighted by Crippen LogP contribution is 2.04. The Hall–Kier alpha value is -1.43. The number of hydrogen-bond donors (Lipinski definition) is 3. The predicted molar refractivity (Wildman–Crippen MR) is 46.4 cm³/mol. The van der Waals surface area contributed by atoms with Crippen LogP contribution in [0.2, 0.25) is 0 Å². The molecular weight excluding hydrogens is 172 g/mol. The van der Waals surface area contributed by atoms with E-state index in [1.54, 1.807) is 0 Å². The van der Waals surface area contributed by atoms with Gasteiger partial charge in [0.25, 0.3) is 0 Å². The monoisotopic (exact) mass is 184 g/mol. The Balaban J connectivity index is 2.30. The van der Waals surface area contributed by atoms with Crippen LogP contribution in [0.25, 0.3) is 0 Å². The van der Waals surface area contributed by atoms with Crippen LogP contribution in [0.4, 0.5) is 0 Å². The molecule has 1 heterocycles. The van der Waals surface area contributed by atoms with Gasteiger partial charge in [-0.1, -0.05) is 0 Å². The van der Waals surface area contributed by atoms with Crippen molar-refractivity contribution in [3.8, 4) is 0 Å². The Morgan fingerprint density at radius 1 is 1.62 bits per heavy atom. The first-order chi connectivity index (χ1) is 6.22. The van der Waals surface area contributed by atoms with E-state index < -0.39 is 0 Å². The van der Waals surface area contributed by atoms with E-state index in [1.165, 1.54) is 0 Å². The van der Waals surface area contributed by atoms with Crippen LogP contribution < -0.4 is 16.7 Å². The molecular formula is C7H12N4O2. The van der Waals surface area contributed by atoms with Gasteiger partial charge in [-0.15, -0.1) is 0 Å². The van der Waals surface area contributed by atoms with Gasteiger partial charge in [-0.25, -0.2) is 11.3 Å². The Morgan fingerprint density at radius 3 is 2.92 bits per heavy atom. The molecule has 6 nitrogen and oxygen atoms in total. The summed E-state index contributed by atoms with van der Waals surface area (Å²) in [5.74, 6) is 4.60. The standard InChI is InChI=1S/C7H12N4O2/c8-9-6(12)3-1-5-2-4-7(13)11-10-5/h1-4,8H2,(H,9,12)(H,11,13). The lowest BCUT2D eigenvalue weighted by Gasteiger charge is -2.10. The highest BCUT2D eigenvalue weighted by Gasteiger charge is 2.11. The van der Waals surface area contributed by atoms with Crippen molar-refractivity contribution >= 4 is 17.5 Å². The van der Waals surface area contributed by atoms with E-state index in [0.29, 0.717) is 25.7 Å². The van der Waals surface area contributed by atoms with Gasteiger partial charge in [0.2, 0.25) is 11.8 Å². The molecule has 72 valence electrons. The first kappa shape index (κ1) is 9.66.